The molecule has 1 rings (SSSR count). The van der Waals surface area contributed by atoms with Crippen LogP contribution in [0, 0.1) is 0 Å². The highest BCUT2D eigenvalue weighted by Crippen LogP contribution is 2.08. The van der Waals surface area contributed by atoms with Gasteiger partial charge in [-0.1, -0.05) is 0 Å². The Morgan fingerprint density at radius 3 is 2.44 bits per heavy atom. The summed E-state index contributed by atoms with van der Waals surface area (Å²) < 4.78 is 5.56. The number of rotatable bonds is 7. The van der Waals surface area contributed by atoms with Gasteiger partial charge in [0.2, 0.25) is 0 Å². The van der Waals surface area contributed by atoms with Crippen LogP contribution < -0.4 is 5.32 Å². The van der Waals surface area contributed by atoms with Crippen molar-refractivity contribution in [2.75, 3.05) is 32.8 Å². The van der Waals surface area contributed by atoms with Crippen molar-refractivity contribution in [3.8, 4) is 0 Å². The minimum Gasteiger partial charge on any atom is -0.389 e. The number of ether oxygens (including phenoxy) is 1. The lowest BCUT2D eigenvalue weighted by molar-refractivity contribution is -0.0483. The van der Waals surface area contributed by atoms with Crippen LogP contribution in [0.25, 0.3) is 0 Å². The monoisotopic (exact) mass is 258 g/mol. The molecule has 1 heterocycles. The first kappa shape index (κ1) is 15.9. The van der Waals surface area contributed by atoms with Crippen LogP contribution in [-0.4, -0.2) is 60.5 Å². The first-order valence-electron chi connectivity index (χ1n) is 7.14. The van der Waals surface area contributed by atoms with Gasteiger partial charge in [0, 0.05) is 19.1 Å². The van der Waals surface area contributed by atoms with Gasteiger partial charge < -0.3 is 20.1 Å². The second-order valence-corrected chi connectivity index (χ2v) is 6.39. The predicted molar refractivity (Wildman–Crippen MR) is 74.9 cm³/mol. The quantitative estimate of drug-likeness (QED) is 0.721. The molecule has 0 aromatic carbocycles. The Hall–Kier alpha value is -0.160. The van der Waals surface area contributed by atoms with Gasteiger partial charge in [0.1, 0.15) is 0 Å². The van der Waals surface area contributed by atoms with E-state index in [1.807, 2.05) is 20.8 Å². The van der Waals surface area contributed by atoms with E-state index < -0.39 is 6.10 Å². The largest absolute Gasteiger partial charge is 0.389 e. The Morgan fingerprint density at radius 2 is 1.89 bits per heavy atom. The predicted octanol–water partition coefficient (Wildman–Crippen LogP) is 1.24. The first-order chi connectivity index (χ1) is 8.37. The van der Waals surface area contributed by atoms with Gasteiger partial charge in [0.25, 0.3) is 0 Å². The van der Waals surface area contributed by atoms with Crippen LogP contribution >= 0.6 is 0 Å². The third kappa shape index (κ3) is 7.31. The minimum atomic E-state index is -0.426. The standard InChI is InChI=1S/C14H30N2O2/c1-12(10-16-7-5-6-8-16)15-9-13(17)11-18-14(2,3)4/h12-13,15,17H,5-11H2,1-4H3. The summed E-state index contributed by atoms with van der Waals surface area (Å²) in [4.78, 5) is 2.48. The Kier molecular flexibility index (Phi) is 6.57. The summed E-state index contributed by atoms with van der Waals surface area (Å²) in [6.45, 7) is 12.7. The summed E-state index contributed by atoms with van der Waals surface area (Å²) in [6, 6.07) is 0.424. The van der Waals surface area contributed by atoms with Gasteiger partial charge in [-0.3, -0.25) is 0 Å². The van der Waals surface area contributed by atoms with E-state index in [1.165, 1.54) is 25.9 Å². The van der Waals surface area contributed by atoms with Crippen LogP contribution in [-0.2, 0) is 4.74 Å². The second-order valence-electron chi connectivity index (χ2n) is 6.39. The van der Waals surface area contributed by atoms with E-state index in [1.54, 1.807) is 0 Å². The third-order valence-electron chi connectivity index (χ3n) is 3.14. The summed E-state index contributed by atoms with van der Waals surface area (Å²) in [6.07, 6.45) is 2.23. The molecule has 0 aromatic rings. The normalized spacial score (nSPS) is 21.2. The lowest BCUT2D eigenvalue weighted by Crippen LogP contribution is -2.42. The smallest absolute Gasteiger partial charge is 0.0898 e. The zero-order valence-electron chi connectivity index (χ0n) is 12.4. The van der Waals surface area contributed by atoms with Crippen molar-refractivity contribution < 1.29 is 9.84 Å². The molecule has 0 bridgehead atoms. The zero-order valence-corrected chi connectivity index (χ0v) is 12.4. The molecule has 1 aliphatic heterocycles. The molecule has 2 N–H and O–H groups in total. The number of hydrogen-bond acceptors (Lipinski definition) is 4. The number of nitrogens with zero attached hydrogens (tertiary/aromatic N) is 1. The maximum absolute atomic E-state index is 9.82. The third-order valence-corrected chi connectivity index (χ3v) is 3.14. The Bertz CT molecular complexity index is 222. The lowest BCUT2D eigenvalue weighted by Gasteiger charge is -2.24. The van der Waals surface area contributed by atoms with E-state index in [-0.39, 0.29) is 5.60 Å². The molecule has 2 unspecified atom stereocenters. The van der Waals surface area contributed by atoms with E-state index in [0.29, 0.717) is 19.2 Å². The minimum absolute atomic E-state index is 0.178. The average molecular weight is 258 g/mol. The number of likely N-dealkylation sites (tertiary alicyclic amines) is 1. The highest BCUT2D eigenvalue weighted by Gasteiger charge is 2.16. The van der Waals surface area contributed by atoms with Gasteiger partial charge >= 0.3 is 0 Å². The van der Waals surface area contributed by atoms with E-state index in [4.69, 9.17) is 4.74 Å². The average Bonchev–Trinajstić information content (AvgIpc) is 2.75. The van der Waals surface area contributed by atoms with Crippen LogP contribution in [0.1, 0.15) is 40.5 Å². The molecule has 1 aliphatic rings. The van der Waals surface area contributed by atoms with Crippen molar-refractivity contribution in [2.24, 2.45) is 0 Å². The topological polar surface area (TPSA) is 44.7 Å². The molecular weight excluding hydrogens is 228 g/mol. The van der Waals surface area contributed by atoms with Crippen molar-refractivity contribution >= 4 is 0 Å². The van der Waals surface area contributed by atoms with Crippen LogP contribution in [0.2, 0.25) is 0 Å². The highest BCUT2D eigenvalue weighted by molar-refractivity contribution is 4.73. The Morgan fingerprint density at radius 1 is 1.28 bits per heavy atom. The maximum atomic E-state index is 9.82. The fourth-order valence-corrected chi connectivity index (χ4v) is 2.16. The molecule has 18 heavy (non-hydrogen) atoms. The van der Waals surface area contributed by atoms with Crippen molar-refractivity contribution in [3.63, 3.8) is 0 Å². The molecule has 4 heteroatoms. The first-order valence-corrected chi connectivity index (χ1v) is 7.14. The van der Waals surface area contributed by atoms with Crippen LogP contribution in [0.5, 0.6) is 0 Å². The summed E-state index contributed by atoms with van der Waals surface area (Å²) in [5.41, 5.74) is -0.178. The molecule has 0 saturated carbocycles. The number of nitrogens with one attached hydrogen (secondary N) is 1. The SMILES string of the molecule is CC(CN1CCCC1)NCC(O)COC(C)(C)C. The molecule has 1 fully saturated rings. The Balaban J connectivity index is 2.07. The van der Waals surface area contributed by atoms with Gasteiger partial charge in [-0.15, -0.1) is 0 Å². The van der Waals surface area contributed by atoms with E-state index >= 15 is 0 Å². The Labute approximate surface area is 112 Å². The maximum Gasteiger partial charge on any atom is 0.0898 e. The van der Waals surface area contributed by atoms with Crippen molar-refractivity contribution in [3.05, 3.63) is 0 Å². The van der Waals surface area contributed by atoms with Gasteiger partial charge in [-0.05, 0) is 53.6 Å². The molecular formula is C14H30N2O2. The molecule has 108 valence electrons. The molecule has 0 aliphatic carbocycles. The van der Waals surface area contributed by atoms with Crippen molar-refractivity contribution in [1.29, 1.82) is 0 Å². The lowest BCUT2D eigenvalue weighted by atomic mass is 10.2. The van der Waals surface area contributed by atoms with Crippen LogP contribution in [0.4, 0.5) is 0 Å². The molecule has 1 saturated heterocycles. The van der Waals surface area contributed by atoms with Crippen molar-refractivity contribution in [1.82, 2.24) is 10.2 Å². The summed E-state index contributed by atoms with van der Waals surface area (Å²) in [5, 5.41) is 13.2. The van der Waals surface area contributed by atoms with Gasteiger partial charge in [-0.25, -0.2) is 0 Å². The fraction of sp³-hybridized carbons (Fsp3) is 1.00. The summed E-state index contributed by atoms with van der Waals surface area (Å²) >= 11 is 0. The summed E-state index contributed by atoms with van der Waals surface area (Å²) in [5.74, 6) is 0. The zero-order chi connectivity index (χ0) is 13.6. The molecule has 2 atom stereocenters. The van der Waals surface area contributed by atoms with E-state index in [9.17, 15) is 5.11 Å². The molecule has 0 aromatic heterocycles. The highest BCUT2D eigenvalue weighted by atomic mass is 16.5. The van der Waals surface area contributed by atoms with Gasteiger partial charge in [-0.2, -0.15) is 0 Å². The molecule has 0 amide bonds. The van der Waals surface area contributed by atoms with Gasteiger partial charge in [0.05, 0.1) is 18.3 Å². The van der Waals surface area contributed by atoms with E-state index in [0.717, 1.165) is 6.54 Å². The molecule has 4 nitrogen and oxygen atoms in total. The molecule has 0 radical (unpaired) electrons. The fourth-order valence-electron chi connectivity index (χ4n) is 2.16. The van der Waals surface area contributed by atoms with E-state index in [2.05, 4.69) is 17.1 Å². The van der Waals surface area contributed by atoms with Crippen LogP contribution in [0.3, 0.4) is 0 Å². The van der Waals surface area contributed by atoms with Crippen LogP contribution in [0.15, 0.2) is 0 Å². The van der Waals surface area contributed by atoms with Gasteiger partial charge in [0.15, 0.2) is 0 Å². The number of hydrogen-bond donors (Lipinski definition) is 2. The second kappa shape index (κ2) is 7.43. The molecule has 0 spiro atoms. The number of aliphatic hydroxyl groups excluding tert-OH is 1. The number of aliphatic hydroxyl groups is 1. The summed E-state index contributed by atoms with van der Waals surface area (Å²) in [7, 11) is 0. The van der Waals surface area contributed by atoms with Crippen molar-refractivity contribution in [2.45, 2.75) is 58.3 Å².